The molecule has 18 heavy (non-hydrogen) atoms. The van der Waals surface area contributed by atoms with Gasteiger partial charge < -0.3 is 10.5 Å². The van der Waals surface area contributed by atoms with E-state index in [0.717, 1.165) is 29.9 Å². The first-order valence-corrected chi connectivity index (χ1v) is 7.30. The van der Waals surface area contributed by atoms with E-state index in [1.807, 2.05) is 12.1 Å². The largest absolute Gasteiger partial charge is 0.496 e. The van der Waals surface area contributed by atoms with Gasteiger partial charge in [0.05, 0.1) is 7.11 Å². The number of nitrogens with zero attached hydrogens (tertiary/aromatic N) is 1. The molecule has 100 valence electrons. The number of methoxy groups -OCH3 is 1. The molecule has 1 fully saturated rings. The van der Waals surface area contributed by atoms with Gasteiger partial charge in [-0.15, -0.1) is 0 Å². The molecule has 0 bridgehead atoms. The summed E-state index contributed by atoms with van der Waals surface area (Å²) in [5, 5.41) is 0. The van der Waals surface area contributed by atoms with E-state index in [4.69, 9.17) is 10.5 Å². The number of halogens is 1. The van der Waals surface area contributed by atoms with Gasteiger partial charge in [0.15, 0.2) is 0 Å². The summed E-state index contributed by atoms with van der Waals surface area (Å²) in [5.74, 6) is 0.958. The van der Waals surface area contributed by atoms with Gasteiger partial charge in [-0.25, -0.2) is 0 Å². The number of ether oxygens (including phenoxy) is 1. The lowest BCUT2D eigenvalue weighted by Crippen LogP contribution is -2.43. The van der Waals surface area contributed by atoms with Crippen molar-refractivity contribution in [3.63, 3.8) is 0 Å². The van der Waals surface area contributed by atoms with Gasteiger partial charge in [0.2, 0.25) is 0 Å². The molecule has 1 aliphatic heterocycles. The first-order chi connectivity index (χ1) is 8.74. The maximum Gasteiger partial charge on any atom is 0.123 e. The van der Waals surface area contributed by atoms with Gasteiger partial charge in [0.1, 0.15) is 5.75 Å². The average Bonchev–Trinajstić information content (AvgIpc) is 2.40. The molecule has 1 atom stereocenters. The highest BCUT2D eigenvalue weighted by molar-refractivity contribution is 9.10. The topological polar surface area (TPSA) is 38.5 Å². The van der Waals surface area contributed by atoms with Crippen LogP contribution in [-0.2, 0) is 6.54 Å². The molecule has 0 saturated carbocycles. The monoisotopic (exact) mass is 312 g/mol. The van der Waals surface area contributed by atoms with E-state index >= 15 is 0 Å². The van der Waals surface area contributed by atoms with Crippen molar-refractivity contribution in [2.24, 2.45) is 5.73 Å². The highest BCUT2D eigenvalue weighted by atomic mass is 79.9. The fraction of sp³-hybridized carbons (Fsp3) is 0.571. The van der Waals surface area contributed by atoms with E-state index in [-0.39, 0.29) is 0 Å². The third-order valence-electron chi connectivity index (χ3n) is 3.64. The molecule has 1 unspecified atom stereocenters. The predicted octanol–water partition coefficient (Wildman–Crippen LogP) is 2.77. The van der Waals surface area contributed by atoms with Crippen molar-refractivity contribution in [3.05, 3.63) is 28.2 Å². The highest BCUT2D eigenvalue weighted by Gasteiger charge is 2.22. The van der Waals surface area contributed by atoms with Crippen molar-refractivity contribution in [3.8, 4) is 5.75 Å². The Labute approximate surface area is 117 Å². The van der Waals surface area contributed by atoms with Crippen LogP contribution in [0.1, 0.15) is 24.8 Å². The fourth-order valence-corrected chi connectivity index (χ4v) is 3.03. The molecular formula is C14H21BrN2O. The number of likely N-dealkylation sites (tertiary alicyclic amines) is 1. The highest BCUT2D eigenvalue weighted by Crippen LogP contribution is 2.27. The third kappa shape index (κ3) is 3.25. The van der Waals surface area contributed by atoms with Crippen molar-refractivity contribution in [2.45, 2.75) is 31.8 Å². The second kappa shape index (κ2) is 6.55. The number of hydrogen-bond donors (Lipinski definition) is 1. The summed E-state index contributed by atoms with van der Waals surface area (Å²) in [6, 6.07) is 6.68. The normalized spacial score (nSPS) is 20.9. The lowest BCUT2D eigenvalue weighted by atomic mass is 10.0. The molecule has 0 aromatic heterocycles. The zero-order valence-electron chi connectivity index (χ0n) is 10.9. The van der Waals surface area contributed by atoms with Crippen LogP contribution < -0.4 is 10.5 Å². The summed E-state index contributed by atoms with van der Waals surface area (Å²) in [6.07, 6.45) is 3.79. The maximum absolute atomic E-state index is 5.87. The Morgan fingerprint density at radius 1 is 1.44 bits per heavy atom. The Balaban J connectivity index is 2.14. The Morgan fingerprint density at radius 2 is 2.28 bits per heavy atom. The van der Waals surface area contributed by atoms with E-state index in [0.29, 0.717) is 6.04 Å². The van der Waals surface area contributed by atoms with Gasteiger partial charge in [-0.3, -0.25) is 4.90 Å². The van der Waals surface area contributed by atoms with Crippen molar-refractivity contribution in [2.75, 3.05) is 20.2 Å². The molecule has 0 radical (unpaired) electrons. The molecule has 2 rings (SSSR count). The SMILES string of the molecule is COc1ccc(Br)cc1CN1CCCCC1CN. The van der Waals surface area contributed by atoms with Crippen LogP contribution in [-0.4, -0.2) is 31.1 Å². The van der Waals surface area contributed by atoms with Gasteiger partial charge in [0.25, 0.3) is 0 Å². The van der Waals surface area contributed by atoms with E-state index in [2.05, 4.69) is 26.9 Å². The zero-order chi connectivity index (χ0) is 13.0. The maximum atomic E-state index is 5.87. The molecule has 1 heterocycles. The average molecular weight is 313 g/mol. The second-order valence-electron chi connectivity index (χ2n) is 4.81. The van der Waals surface area contributed by atoms with E-state index in [1.165, 1.54) is 24.8 Å². The molecule has 0 aliphatic carbocycles. The fourth-order valence-electron chi connectivity index (χ4n) is 2.62. The van der Waals surface area contributed by atoms with E-state index in [9.17, 15) is 0 Å². The Kier molecular flexibility index (Phi) is 5.03. The minimum absolute atomic E-state index is 0.516. The van der Waals surface area contributed by atoms with Crippen molar-refractivity contribution in [1.29, 1.82) is 0 Å². The minimum atomic E-state index is 0.516. The minimum Gasteiger partial charge on any atom is -0.496 e. The number of rotatable bonds is 4. The van der Waals surface area contributed by atoms with Crippen LogP contribution in [0.15, 0.2) is 22.7 Å². The number of hydrogen-bond acceptors (Lipinski definition) is 3. The van der Waals surface area contributed by atoms with Gasteiger partial charge in [-0.05, 0) is 37.6 Å². The molecular weight excluding hydrogens is 292 g/mol. The van der Waals surface area contributed by atoms with Gasteiger partial charge in [-0.2, -0.15) is 0 Å². The first-order valence-electron chi connectivity index (χ1n) is 6.51. The number of nitrogens with two attached hydrogens (primary N) is 1. The smallest absolute Gasteiger partial charge is 0.123 e. The summed E-state index contributed by atoms with van der Waals surface area (Å²) in [7, 11) is 1.73. The molecule has 3 nitrogen and oxygen atoms in total. The summed E-state index contributed by atoms with van der Waals surface area (Å²) in [6.45, 7) is 2.80. The molecule has 0 amide bonds. The molecule has 1 aromatic carbocycles. The van der Waals surface area contributed by atoms with Crippen LogP contribution in [0, 0.1) is 0 Å². The zero-order valence-corrected chi connectivity index (χ0v) is 12.4. The van der Waals surface area contributed by atoms with Gasteiger partial charge >= 0.3 is 0 Å². The van der Waals surface area contributed by atoms with Gasteiger partial charge in [-0.1, -0.05) is 22.4 Å². The van der Waals surface area contributed by atoms with Crippen molar-refractivity contribution in [1.82, 2.24) is 4.90 Å². The van der Waals surface area contributed by atoms with Crippen LogP contribution in [0.3, 0.4) is 0 Å². The molecule has 1 aromatic rings. The van der Waals surface area contributed by atoms with Crippen LogP contribution in [0.5, 0.6) is 5.75 Å². The van der Waals surface area contributed by atoms with E-state index in [1.54, 1.807) is 7.11 Å². The Morgan fingerprint density at radius 3 is 3.00 bits per heavy atom. The van der Waals surface area contributed by atoms with Crippen LogP contribution in [0.25, 0.3) is 0 Å². The quantitative estimate of drug-likeness (QED) is 0.929. The van der Waals surface area contributed by atoms with Crippen molar-refractivity contribution < 1.29 is 4.74 Å². The summed E-state index contributed by atoms with van der Waals surface area (Å²) < 4.78 is 6.53. The molecule has 0 spiro atoms. The lowest BCUT2D eigenvalue weighted by Gasteiger charge is -2.35. The second-order valence-corrected chi connectivity index (χ2v) is 5.73. The number of benzene rings is 1. The standard InChI is InChI=1S/C14H21BrN2O/c1-18-14-6-5-12(15)8-11(14)10-17-7-3-2-4-13(17)9-16/h5-6,8,13H,2-4,7,9-10,16H2,1H3. The molecule has 1 saturated heterocycles. The Hall–Kier alpha value is -0.580. The third-order valence-corrected chi connectivity index (χ3v) is 4.13. The molecule has 4 heteroatoms. The summed E-state index contributed by atoms with van der Waals surface area (Å²) in [5.41, 5.74) is 7.09. The lowest BCUT2D eigenvalue weighted by molar-refractivity contribution is 0.143. The summed E-state index contributed by atoms with van der Waals surface area (Å²) >= 11 is 3.52. The number of piperidine rings is 1. The van der Waals surface area contributed by atoms with Crippen LogP contribution in [0.4, 0.5) is 0 Å². The Bertz CT molecular complexity index is 397. The first kappa shape index (κ1) is 13.8. The van der Waals surface area contributed by atoms with E-state index < -0.39 is 0 Å². The molecule has 2 N–H and O–H groups in total. The predicted molar refractivity (Wildman–Crippen MR) is 77.8 cm³/mol. The molecule has 1 aliphatic rings. The van der Waals surface area contributed by atoms with Gasteiger partial charge in [0, 0.05) is 29.2 Å². The summed E-state index contributed by atoms with van der Waals surface area (Å²) in [4.78, 5) is 2.48. The van der Waals surface area contributed by atoms with Crippen LogP contribution >= 0.6 is 15.9 Å². The van der Waals surface area contributed by atoms with Crippen LogP contribution in [0.2, 0.25) is 0 Å². The van der Waals surface area contributed by atoms with Crippen molar-refractivity contribution >= 4 is 15.9 Å².